The van der Waals surface area contributed by atoms with Crippen molar-refractivity contribution in [3.63, 3.8) is 0 Å². The third-order valence-electron chi connectivity index (χ3n) is 3.97. The number of nitrogens with one attached hydrogen (secondary N) is 2. The van der Waals surface area contributed by atoms with Gasteiger partial charge in [-0.1, -0.05) is 24.0 Å². The van der Waals surface area contributed by atoms with Gasteiger partial charge in [0.05, 0.1) is 18.0 Å². The van der Waals surface area contributed by atoms with Gasteiger partial charge in [-0.3, -0.25) is 9.59 Å². The molecule has 5 heteroatoms. The largest absolute Gasteiger partial charge is 0.355 e. The van der Waals surface area contributed by atoms with Crippen LogP contribution < -0.4 is 10.6 Å². The van der Waals surface area contributed by atoms with Gasteiger partial charge in [-0.05, 0) is 38.6 Å². The zero-order chi connectivity index (χ0) is 16.7. The molecule has 1 aliphatic heterocycles. The Bertz CT molecular complexity index is 631. The van der Waals surface area contributed by atoms with E-state index in [9.17, 15) is 9.59 Å². The van der Waals surface area contributed by atoms with Crippen LogP contribution >= 0.6 is 0 Å². The lowest BCUT2D eigenvalue weighted by molar-refractivity contribution is -0.126. The van der Waals surface area contributed by atoms with E-state index in [-0.39, 0.29) is 17.7 Å². The molecule has 1 heterocycles. The number of hydrogen-bond donors (Lipinski definition) is 2. The van der Waals surface area contributed by atoms with Gasteiger partial charge in [-0.2, -0.15) is 0 Å². The molecule has 1 atom stereocenters. The molecule has 2 rings (SSSR count). The fourth-order valence-electron chi connectivity index (χ4n) is 2.72. The third kappa shape index (κ3) is 4.83. The predicted molar refractivity (Wildman–Crippen MR) is 89.9 cm³/mol. The number of benzene rings is 1. The van der Waals surface area contributed by atoms with Crippen molar-refractivity contribution in [2.24, 2.45) is 5.92 Å². The van der Waals surface area contributed by atoms with Gasteiger partial charge in [0.25, 0.3) is 5.91 Å². The standard InChI is InChI=1S/C18H23N3O2/c1-19-18(23)16-10-4-3-7-14(16)8-5-11-20-17(22)15-9-6-12-21(2)13-15/h3-4,7,10,15H,6,9,11-13H2,1-2H3,(H,19,23)(H,20,22). The number of hydrogen-bond acceptors (Lipinski definition) is 3. The van der Waals surface area contributed by atoms with Gasteiger partial charge in [-0.15, -0.1) is 0 Å². The van der Waals surface area contributed by atoms with Crippen molar-refractivity contribution in [2.75, 3.05) is 33.7 Å². The van der Waals surface area contributed by atoms with Gasteiger partial charge in [0.1, 0.15) is 0 Å². The number of carbonyl (C=O) groups excluding carboxylic acids is 2. The molecular formula is C18H23N3O2. The van der Waals surface area contributed by atoms with Crippen LogP contribution in [0.25, 0.3) is 0 Å². The second-order valence-corrected chi connectivity index (χ2v) is 5.75. The SMILES string of the molecule is CNC(=O)c1ccccc1C#CCNC(=O)C1CCCN(C)C1. The first-order valence-electron chi connectivity index (χ1n) is 7.88. The molecule has 1 fully saturated rings. The van der Waals surface area contributed by atoms with E-state index in [4.69, 9.17) is 0 Å². The van der Waals surface area contributed by atoms with Crippen molar-refractivity contribution in [1.82, 2.24) is 15.5 Å². The number of piperidine rings is 1. The molecule has 1 aromatic rings. The molecule has 0 aromatic heterocycles. The third-order valence-corrected chi connectivity index (χ3v) is 3.97. The molecule has 1 saturated heterocycles. The normalized spacial score (nSPS) is 17.7. The van der Waals surface area contributed by atoms with Gasteiger partial charge < -0.3 is 15.5 Å². The van der Waals surface area contributed by atoms with E-state index in [1.807, 2.05) is 13.1 Å². The van der Waals surface area contributed by atoms with Crippen molar-refractivity contribution in [3.05, 3.63) is 35.4 Å². The summed E-state index contributed by atoms with van der Waals surface area (Å²) in [6.07, 6.45) is 1.99. The number of carbonyl (C=O) groups is 2. The number of nitrogens with zero attached hydrogens (tertiary/aromatic N) is 1. The summed E-state index contributed by atoms with van der Waals surface area (Å²) in [4.78, 5) is 26.0. The van der Waals surface area contributed by atoms with Gasteiger partial charge in [0.15, 0.2) is 0 Å². The average Bonchev–Trinajstić information content (AvgIpc) is 2.58. The van der Waals surface area contributed by atoms with Crippen LogP contribution in [0.1, 0.15) is 28.8 Å². The number of rotatable bonds is 3. The van der Waals surface area contributed by atoms with Crippen LogP contribution in [0.3, 0.4) is 0 Å². The van der Waals surface area contributed by atoms with Crippen LogP contribution in [-0.4, -0.2) is 50.4 Å². The Labute approximate surface area is 137 Å². The van der Waals surface area contributed by atoms with E-state index in [1.54, 1.807) is 25.2 Å². The quantitative estimate of drug-likeness (QED) is 0.814. The molecule has 2 amide bonds. The molecule has 5 nitrogen and oxygen atoms in total. The van der Waals surface area contributed by atoms with Crippen molar-refractivity contribution in [2.45, 2.75) is 12.8 Å². The lowest BCUT2D eigenvalue weighted by Crippen LogP contribution is -2.41. The van der Waals surface area contributed by atoms with Crippen LogP contribution in [-0.2, 0) is 4.79 Å². The van der Waals surface area contributed by atoms with Crippen molar-refractivity contribution >= 4 is 11.8 Å². The summed E-state index contributed by atoms with van der Waals surface area (Å²) >= 11 is 0. The molecule has 122 valence electrons. The van der Waals surface area contributed by atoms with Crippen molar-refractivity contribution in [3.8, 4) is 11.8 Å². The predicted octanol–water partition coefficient (Wildman–Crippen LogP) is 0.856. The van der Waals surface area contributed by atoms with E-state index in [1.165, 1.54) is 0 Å². The Morgan fingerprint density at radius 3 is 2.87 bits per heavy atom. The molecule has 0 radical (unpaired) electrons. The topological polar surface area (TPSA) is 61.4 Å². The first kappa shape index (κ1) is 17.0. The Balaban J connectivity index is 1.91. The minimum absolute atomic E-state index is 0.0497. The summed E-state index contributed by atoms with van der Waals surface area (Å²) in [5.41, 5.74) is 1.21. The second kappa shape index (κ2) is 8.35. The van der Waals surface area contributed by atoms with E-state index in [2.05, 4.69) is 27.4 Å². The lowest BCUT2D eigenvalue weighted by Gasteiger charge is -2.28. The van der Waals surface area contributed by atoms with Crippen LogP contribution in [0.15, 0.2) is 24.3 Å². The number of amides is 2. The van der Waals surface area contributed by atoms with Gasteiger partial charge in [-0.25, -0.2) is 0 Å². The molecule has 2 N–H and O–H groups in total. The van der Waals surface area contributed by atoms with Gasteiger partial charge >= 0.3 is 0 Å². The smallest absolute Gasteiger partial charge is 0.252 e. The molecule has 0 saturated carbocycles. The van der Waals surface area contributed by atoms with E-state index < -0.39 is 0 Å². The first-order chi connectivity index (χ1) is 11.1. The van der Waals surface area contributed by atoms with Gasteiger partial charge in [0, 0.05) is 19.2 Å². The van der Waals surface area contributed by atoms with Crippen molar-refractivity contribution in [1.29, 1.82) is 0 Å². The van der Waals surface area contributed by atoms with Crippen LogP contribution in [0.2, 0.25) is 0 Å². The molecule has 0 bridgehead atoms. The maximum atomic E-state index is 12.1. The summed E-state index contributed by atoms with van der Waals surface area (Å²) in [7, 11) is 3.63. The van der Waals surface area contributed by atoms with Crippen LogP contribution in [0.4, 0.5) is 0 Å². The zero-order valence-electron chi connectivity index (χ0n) is 13.7. The minimum Gasteiger partial charge on any atom is -0.355 e. The van der Waals surface area contributed by atoms with Crippen LogP contribution in [0.5, 0.6) is 0 Å². The highest BCUT2D eigenvalue weighted by Crippen LogP contribution is 2.14. The van der Waals surface area contributed by atoms with E-state index in [0.717, 1.165) is 25.9 Å². The minimum atomic E-state index is -0.163. The molecule has 0 spiro atoms. The Morgan fingerprint density at radius 2 is 2.13 bits per heavy atom. The van der Waals surface area contributed by atoms with Crippen LogP contribution in [0, 0.1) is 17.8 Å². The average molecular weight is 313 g/mol. The molecular weight excluding hydrogens is 290 g/mol. The highest BCUT2D eigenvalue weighted by Gasteiger charge is 2.23. The van der Waals surface area contributed by atoms with Gasteiger partial charge in [0.2, 0.25) is 5.91 Å². The summed E-state index contributed by atoms with van der Waals surface area (Å²) in [6, 6.07) is 7.18. The van der Waals surface area contributed by atoms with E-state index >= 15 is 0 Å². The van der Waals surface area contributed by atoms with E-state index in [0.29, 0.717) is 17.7 Å². The highest BCUT2D eigenvalue weighted by atomic mass is 16.2. The zero-order valence-corrected chi connectivity index (χ0v) is 13.7. The summed E-state index contributed by atoms with van der Waals surface area (Å²) in [5, 5.41) is 5.46. The second-order valence-electron chi connectivity index (χ2n) is 5.75. The highest BCUT2D eigenvalue weighted by molar-refractivity contribution is 5.96. The Hall–Kier alpha value is -2.32. The monoisotopic (exact) mass is 313 g/mol. The Kier molecular flexibility index (Phi) is 6.19. The molecule has 0 aliphatic carbocycles. The maximum Gasteiger partial charge on any atom is 0.252 e. The first-order valence-corrected chi connectivity index (χ1v) is 7.88. The molecule has 1 aromatic carbocycles. The fraction of sp³-hybridized carbons (Fsp3) is 0.444. The Morgan fingerprint density at radius 1 is 1.35 bits per heavy atom. The molecule has 1 unspecified atom stereocenters. The molecule has 23 heavy (non-hydrogen) atoms. The molecule has 1 aliphatic rings. The lowest BCUT2D eigenvalue weighted by atomic mass is 9.98. The number of likely N-dealkylation sites (tertiary alicyclic amines) is 1. The maximum absolute atomic E-state index is 12.1. The fourth-order valence-corrected chi connectivity index (χ4v) is 2.72. The summed E-state index contributed by atoms with van der Waals surface area (Å²) in [6.45, 7) is 2.15. The summed E-state index contributed by atoms with van der Waals surface area (Å²) in [5.74, 6) is 5.83. The van der Waals surface area contributed by atoms with Crippen molar-refractivity contribution < 1.29 is 9.59 Å². The summed E-state index contributed by atoms with van der Waals surface area (Å²) < 4.78 is 0.